The van der Waals surface area contributed by atoms with Gasteiger partial charge in [0.25, 0.3) is 0 Å². The summed E-state index contributed by atoms with van der Waals surface area (Å²) in [5.74, 6) is 3.35. The second kappa shape index (κ2) is 5.71. The van der Waals surface area contributed by atoms with Crippen molar-refractivity contribution in [2.24, 2.45) is 35.1 Å². The fourth-order valence-electron chi connectivity index (χ4n) is 3.96. The quantitative estimate of drug-likeness (QED) is 0.777. The summed E-state index contributed by atoms with van der Waals surface area (Å²) in [4.78, 5) is 0. The lowest BCUT2D eigenvalue weighted by atomic mass is 9.71. The van der Waals surface area contributed by atoms with Gasteiger partial charge in [0.2, 0.25) is 0 Å². The molecule has 0 spiro atoms. The summed E-state index contributed by atoms with van der Waals surface area (Å²) in [7, 11) is 0. The molecule has 6 atom stereocenters. The van der Waals surface area contributed by atoms with E-state index in [0.29, 0.717) is 12.1 Å². The number of rotatable bonds is 2. The normalized spacial score (nSPS) is 48.0. The zero-order chi connectivity index (χ0) is 12.4. The molecule has 0 amide bonds. The van der Waals surface area contributed by atoms with Gasteiger partial charge in [-0.2, -0.15) is 0 Å². The highest BCUT2D eigenvalue weighted by Gasteiger charge is 2.30. The molecule has 0 aliphatic heterocycles. The van der Waals surface area contributed by atoms with Crippen molar-refractivity contribution in [3.05, 3.63) is 0 Å². The molecule has 4 N–H and O–H groups in total. The molecule has 2 rings (SSSR count). The zero-order valence-electron chi connectivity index (χ0n) is 11.6. The van der Waals surface area contributed by atoms with Crippen LogP contribution < -0.4 is 11.5 Å². The Morgan fingerprint density at radius 3 is 1.53 bits per heavy atom. The van der Waals surface area contributed by atoms with E-state index in [1.54, 1.807) is 0 Å². The molecule has 0 bridgehead atoms. The predicted octanol–water partition coefficient (Wildman–Crippen LogP) is 2.90. The van der Waals surface area contributed by atoms with Crippen LogP contribution in [0.5, 0.6) is 0 Å². The molecule has 0 radical (unpaired) electrons. The van der Waals surface area contributed by atoms with Crippen LogP contribution in [0.25, 0.3) is 0 Å². The largest absolute Gasteiger partial charge is 0.327 e. The first-order valence-corrected chi connectivity index (χ1v) is 7.57. The van der Waals surface area contributed by atoms with Gasteiger partial charge in [0.15, 0.2) is 0 Å². The molecule has 0 unspecified atom stereocenters. The maximum atomic E-state index is 6.10. The van der Waals surface area contributed by atoms with Crippen molar-refractivity contribution in [2.75, 3.05) is 0 Å². The number of hydrogen-bond donors (Lipinski definition) is 2. The molecule has 2 fully saturated rings. The van der Waals surface area contributed by atoms with Gasteiger partial charge in [-0.05, 0) is 68.6 Å². The van der Waals surface area contributed by atoms with Crippen LogP contribution in [-0.4, -0.2) is 12.1 Å². The monoisotopic (exact) mass is 238 g/mol. The standard InChI is InChI=1S/C15H30N2/c1-10-7-12(3-5-14(10)16)9-13-4-6-15(17)11(2)8-13/h10-15H,3-9,16-17H2,1-2H3/t10-,11-,12-,13-,14+,15+/m1/s1. The summed E-state index contributed by atoms with van der Waals surface area (Å²) in [5.41, 5.74) is 12.2. The molecule has 0 aromatic carbocycles. The Balaban J connectivity index is 1.78. The Morgan fingerprint density at radius 2 is 1.18 bits per heavy atom. The fraction of sp³-hybridized carbons (Fsp3) is 1.00. The van der Waals surface area contributed by atoms with Gasteiger partial charge in [-0.3, -0.25) is 0 Å². The van der Waals surface area contributed by atoms with Crippen LogP contribution in [0.2, 0.25) is 0 Å². The van der Waals surface area contributed by atoms with E-state index in [2.05, 4.69) is 13.8 Å². The van der Waals surface area contributed by atoms with Crippen LogP contribution in [0, 0.1) is 23.7 Å². The lowest BCUT2D eigenvalue weighted by molar-refractivity contribution is 0.169. The maximum Gasteiger partial charge on any atom is 0.00647 e. The maximum absolute atomic E-state index is 6.10. The molecule has 100 valence electrons. The lowest BCUT2D eigenvalue weighted by Crippen LogP contribution is -2.37. The second-order valence-corrected chi connectivity index (χ2v) is 6.88. The van der Waals surface area contributed by atoms with Crippen LogP contribution in [0.4, 0.5) is 0 Å². The van der Waals surface area contributed by atoms with Crippen molar-refractivity contribution in [1.82, 2.24) is 0 Å². The summed E-state index contributed by atoms with van der Waals surface area (Å²) in [6.07, 6.45) is 9.37. The predicted molar refractivity (Wildman–Crippen MR) is 73.6 cm³/mol. The molecule has 0 heterocycles. The van der Waals surface area contributed by atoms with Gasteiger partial charge in [-0.25, -0.2) is 0 Å². The smallest absolute Gasteiger partial charge is 0.00647 e. The minimum absolute atomic E-state index is 0.463. The minimum Gasteiger partial charge on any atom is -0.327 e. The molecular formula is C15H30N2. The van der Waals surface area contributed by atoms with Crippen molar-refractivity contribution in [3.8, 4) is 0 Å². The van der Waals surface area contributed by atoms with E-state index < -0.39 is 0 Å². The second-order valence-electron chi connectivity index (χ2n) is 6.88. The van der Waals surface area contributed by atoms with Crippen molar-refractivity contribution < 1.29 is 0 Å². The van der Waals surface area contributed by atoms with Gasteiger partial charge in [0.05, 0.1) is 0 Å². The fourth-order valence-corrected chi connectivity index (χ4v) is 3.96. The molecule has 2 heteroatoms. The van der Waals surface area contributed by atoms with Gasteiger partial charge in [0.1, 0.15) is 0 Å². The van der Waals surface area contributed by atoms with Gasteiger partial charge in [0, 0.05) is 12.1 Å². The van der Waals surface area contributed by atoms with Gasteiger partial charge < -0.3 is 11.5 Å². The average Bonchev–Trinajstić information content (AvgIpc) is 2.29. The van der Waals surface area contributed by atoms with E-state index in [4.69, 9.17) is 11.5 Å². The van der Waals surface area contributed by atoms with Crippen LogP contribution >= 0.6 is 0 Å². The third-order valence-electron chi connectivity index (χ3n) is 5.36. The summed E-state index contributed by atoms with van der Waals surface area (Å²) < 4.78 is 0. The molecule has 0 aromatic rings. The lowest BCUT2D eigenvalue weighted by Gasteiger charge is -2.37. The van der Waals surface area contributed by atoms with E-state index in [1.165, 1.54) is 44.9 Å². The molecule has 2 saturated carbocycles. The minimum atomic E-state index is 0.463. The zero-order valence-corrected chi connectivity index (χ0v) is 11.6. The molecule has 2 aliphatic carbocycles. The molecular weight excluding hydrogens is 208 g/mol. The number of hydrogen-bond acceptors (Lipinski definition) is 2. The third kappa shape index (κ3) is 3.45. The van der Waals surface area contributed by atoms with E-state index >= 15 is 0 Å². The highest BCUT2D eigenvalue weighted by Crippen LogP contribution is 2.38. The highest BCUT2D eigenvalue weighted by atomic mass is 14.7. The van der Waals surface area contributed by atoms with Crippen LogP contribution in [0.1, 0.15) is 58.8 Å². The topological polar surface area (TPSA) is 52.0 Å². The molecule has 2 nitrogen and oxygen atoms in total. The summed E-state index contributed by atoms with van der Waals surface area (Å²) in [5, 5.41) is 0. The van der Waals surface area contributed by atoms with E-state index in [9.17, 15) is 0 Å². The Kier molecular flexibility index (Phi) is 4.48. The van der Waals surface area contributed by atoms with E-state index in [0.717, 1.165) is 23.7 Å². The average molecular weight is 238 g/mol. The van der Waals surface area contributed by atoms with Gasteiger partial charge in [-0.1, -0.05) is 13.8 Å². The van der Waals surface area contributed by atoms with Gasteiger partial charge in [-0.15, -0.1) is 0 Å². The third-order valence-corrected chi connectivity index (χ3v) is 5.36. The Bertz CT molecular complexity index is 217. The van der Waals surface area contributed by atoms with Crippen LogP contribution in [-0.2, 0) is 0 Å². The first-order valence-electron chi connectivity index (χ1n) is 7.57. The summed E-state index contributed by atoms with van der Waals surface area (Å²) >= 11 is 0. The van der Waals surface area contributed by atoms with E-state index in [1.807, 2.05) is 0 Å². The van der Waals surface area contributed by atoms with Crippen molar-refractivity contribution >= 4 is 0 Å². The number of nitrogens with two attached hydrogens (primary N) is 2. The van der Waals surface area contributed by atoms with Gasteiger partial charge >= 0.3 is 0 Å². The Morgan fingerprint density at radius 1 is 0.765 bits per heavy atom. The van der Waals surface area contributed by atoms with E-state index in [-0.39, 0.29) is 0 Å². The summed E-state index contributed by atoms with van der Waals surface area (Å²) in [6.45, 7) is 4.66. The highest BCUT2D eigenvalue weighted by molar-refractivity contribution is 4.85. The Labute approximate surface area is 107 Å². The van der Waals surface area contributed by atoms with Crippen LogP contribution in [0.3, 0.4) is 0 Å². The molecule has 0 saturated heterocycles. The SMILES string of the molecule is C[C@@H]1C[C@H](C[C@@H]2CC[C@H](N)[C@H](C)C2)CC[C@@H]1N. The van der Waals surface area contributed by atoms with Crippen LogP contribution in [0.15, 0.2) is 0 Å². The van der Waals surface area contributed by atoms with Crippen molar-refractivity contribution in [2.45, 2.75) is 70.9 Å². The first kappa shape index (κ1) is 13.4. The first-order chi connectivity index (χ1) is 8.06. The van der Waals surface area contributed by atoms with Crippen molar-refractivity contribution in [3.63, 3.8) is 0 Å². The molecule has 17 heavy (non-hydrogen) atoms. The summed E-state index contributed by atoms with van der Waals surface area (Å²) in [6, 6.07) is 0.926. The molecule has 0 aromatic heterocycles. The molecule has 2 aliphatic rings. The Hall–Kier alpha value is -0.0800. The van der Waals surface area contributed by atoms with Crippen molar-refractivity contribution in [1.29, 1.82) is 0 Å².